The molecule has 224 valence electrons. The Morgan fingerprint density at radius 3 is 1.95 bits per heavy atom. The Morgan fingerprint density at radius 1 is 0.762 bits per heavy atom. The van der Waals surface area contributed by atoms with Crippen molar-refractivity contribution in [1.82, 2.24) is 0 Å². The number of hydrogen-bond acceptors (Lipinski definition) is 9. The summed E-state index contributed by atoms with van der Waals surface area (Å²) in [4.78, 5) is 22.2. The van der Waals surface area contributed by atoms with Gasteiger partial charge in [0.2, 0.25) is 5.75 Å². The molecule has 0 fully saturated rings. The third-order valence-electron chi connectivity index (χ3n) is 6.48. The summed E-state index contributed by atoms with van der Waals surface area (Å²) < 4.78 is 32.8. The molecule has 0 radical (unpaired) electrons. The van der Waals surface area contributed by atoms with Crippen molar-refractivity contribution in [3.63, 3.8) is 0 Å². The van der Waals surface area contributed by atoms with Crippen molar-refractivity contribution in [2.75, 3.05) is 42.2 Å². The fraction of sp³-hybridized carbons (Fsp3) is 0.323. The van der Waals surface area contributed by atoms with E-state index in [0.717, 1.165) is 16.7 Å². The SMILES string of the molecule is COc1ccc(/C=C\c2cc(OC)c(OC)c(OC)c2)cc1CCc1cc(OC)c(OCCCC(=O)O)cc1[N+](=O)[O-]. The van der Waals surface area contributed by atoms with Crippen LogP contribution in [0.1, 0.15) is 35.1 Å². The highest BCUT2D eigenvalue weighted by Crippen LogP contribution is 2.39. The van der Waals surface area contributed by atoms with Crippen LogP contribution >= 0.6 is 0 Å². The maximum atomic E-state index is 11.9. The van der Waals surface area contributed by atoms with Crippen molar-refractivity contribution < 1.29 is 43.2 Å². The second-order valence-corrected chi connectivity index (χ2v) is 9.10. The van der Waals surface area contributed by atoms with Gasteiger partial charge >= 0.3 is 5.97 Å². The average Bonchev–Trinajstić information content (AvgIpc) is 3.00. The van der Waals surface area contributed by atoms with Crippen LogP contribution in [0.25, 0.3) is 12.2 Å². The molecule has 0 aliphatic rings. The molecule has 0 saturated carbocycles. The van der Waals surface area contributed by atoms with Gasteiger partial charge in [-0.15, -0.1) is 0 Å². The Bertz CT molecular complexity index is 1410. The largest absolute Gasteiger partial charge is 0.496 e. The van der Waals surface area contributed by atoms with E-state index in [9.17, 15) is 14.9 Å². The highest BCUT2D eigenvalue weighted by atomic mass is 16.6. The van der Waals surface area contributed by atoms with Crippen molar-refractivity contribution in [2.24, 2.45) is 0 Å². The summed E-state index contributed by atoms with van der Waals surface area (Å²) in [5.74, 6) is 1.83. The van der Waals surface area contributed by atoms with Gasteiger partial charge < -0.3 is 33.5 Å². The molecular weight excluding hydrogens is 546 g/mol. The molecule has 1 N–H and O–H groups in total. The van der Waals surface area contributed by atoms with Gasteiger partial charge in [-0.05, 0) is 66.3 Å². The van der Waals surface area contributed by atoms with E-state index in [1.54, 1.807) is 34.5 Å². The number of benzene rings is 3. The predicted molar refractivity (Wildman–Crippen MR) is 157 cm³/mol. The number of aryl methyl sites for hydroxylation is 2. The monoisotopic (exact) mass is 581 g/mol. The number of rotatable bonds is 16. The smallest absolute Gasteiger partial charge is 0.303 e. The van der Waals surface area contributed by atoms with E-state index < -0.39 is 10.9 Å². The average molecular weight is 582 g/mol. The molecule has 0 unspecified atom stereocenters. The van der Waals surface area contributed by atoms with Gasteiger partial charge in [0.05, 0.1) is 53.1 Å². The summed E-state index contributed by atoms with van der Waals surface area (Å²) in [7, 11) is 7.69. The zero-order valence-electron chi connectivity index (χ0n) is 24.3. The van der Waals surface area contributed by atoms with E-state index in [1.165, 1.54) is 13.2 Å². The predicted octanol–water partition coefficient (Wildman–Crippen LogP) is 5.84. The first-order valence-electron chi connectivity index (χ1n) is 13.1. The van der Waals surface area contributed by atoms with Gasteiger partial charge in [-0.2, -0.15) is 0 Å². The van der Waals surface area contributed by atoms with Gasteiger partial charge in [0.1, 0.15) is 5.75 Å². The van der Waals surface area contributed by atoms with Crippen molar-refractivity contribution in [3.8, 4) is 34.5 Å². The van der Waals surface area contributed by atoms with Crippen LogP contribution in [0.5, 0.6) is 34.5 Å². The van der Waals surface area contributed by atoms with Crippen molar-refractivity contribution in [3.05, 3.63) is 74.8 Å². The molecular formula is C31H35NO10. The lowest BCUT2D eigenvalue weighted by molar-refractivity contribution is -0.385. The lowest BCUT2D eigenvalue weighted by atomic mass is 9.99. The van der Waals surface area contributed by atoms with Crippen LogP contribution in [0.15, 0.2) is 42.5 Å². The lowest BCUT2D eigenvalue weighted by Crippen LogP contribution is -2.05. The Labute approximate surface area is 244 Å². The topological polar surface area (TPSA) is 136 Å². The fourth-order valence-corrected chi connectivity index (χ4v) is 4.40. The first-order valence-corrected chi connectivity index (χ1v) is 13.1. The molecule has 0 aromatic heterocycles. The number of nitro benzene ring substituents is 1. The van der Waals surface area contributed by atoms with Crippen LogP contribution in [-0.4, -0.2) is 58.2 Å². The molecule has 11 heteroatoms. The molecule has 0 heterocycles. The van der Waals surface area contributed by atoms with Gasteiger partial charge in [0.25, 0.3) is 5.69 Å². The number of carbonyl (C=O) groups is 1. The standard InChI is InChI=1S/C31H35NO10/c1-37-25-13-10-20(8-9-21-16-28(39-3)31(41-5)29(17-21)40-4)15-23(25)12-11-22-18-26(38-2)27(19-24(22)32(35)36)42-14-6-7-30(33)34/h8-10,13,15-19H,6-7,11-12,14H2,1-5H3,(H,33,34)/b9-8-. The molecule has 0 amide bonds. The minimum Gasteiger partial charge on any atom is -0.496 e. The highest BCUT2D eigenvalue weighted by Gasteiger charge is 2.20. The van der Waals surface area contributed by atoms with Crippen molar-refractivity contribution >= 4 is 23.8 Å². The molecule has 0 spiro atoms. The Kier molecular flexibility index (Phi) is 11.4. The lowest BCUT2D eigenvalue weighted by Gasteiger charge is -2.14. The third kappa shape index (κ3) is 8.06. The molecule has 3 aromatic carbocycles. The molecule has 0 saturated heterocycles. The molecule has 42 heavy (non-hydrogen) atoms. The van der Waals surface area contributed by atoms with E-state index in [4.69, 9.17) is 33.5 Å². The van der Waals surface area contributed by atoms with Crippen LogP contribution in [0.3, 0.4) is 0 Å². The second-order valence-electron chi connectivity index (χ2n) is 9.10. The van der Waals surface area contributed by atoms with E-state index in [1.807, 2.05) is 42.5 Å². The van der Waals surface area contributed by atoms with E-state index >= 15 is 0 Å². The number of nitro groups is 1. The molecule has 0 aliphatic carbocycles. The molecule has 3 rings (SSSR count). The van der Waals surface area contributed by atoms with Gasteiger partial charge in [-0.3, -0.25) is 14.9 Å². The maximum absolute atomic E-state index is 11.9. The maximum Gasteiger partial charge on any atom is 0.303 e. The molecule has 0 atom stereocenters. The number of hydrogen-bond donors (Lipinski definition) is 1. The number of methoxy groups -OCH3 is 5. The van der Waals surface area contributed by atoms with Gasteiger partial charge in [-0.25, -0.2) is 0 Å². The summed E-state index contributed by atoms with van der Waals surface area (Å²) in [6.07, 6.45) is 4.84. The molecule has 11 nitrogen and oxygen atoms in total. The van der Waals surface area contributed by atoms with Crippen LogP contribution in [-0.2, 0) is 17.6 Å². The van der Waals surface area contributed by atoms with Gasteiger partial charge in [0, 0.05) is 12.0 Å². The van der Waals surface area contributed by atoms with Crippen molar-refractivity contribution in [2.45, 2.75) is 25.7 Å². The number of ether oxygens (including phenoxy) is 6. The fourth-order valence-electron chi connectivity index (χ4n) is 4.40. The quantitative estimate of drug-likeness (QED) is 0.0951. The van der Waals surface area contributed by atoms with E-state index in [0.29, 0.717) is 47.2 Å². The Balaban J connectivity index is 1.85. The number of carboxylic acid groups (broad SMARTS) is 1. The first kappa shape index (κ1) is 31.6. The van der Waals surface area contributed by atoms with E-state index in [2.05, 4.69) is 0 Å². The third-order valence-corrected chi connectivity index (χ3v) is 6.48. The second kappa shape index (κ2) is 15.2. The summed E-state index contributed by atoms with van der Waals surface area (Å²) >= 11 is 0. The first-order chi connectivity index (χ1) is 20.2. The number of carboxylic acids is 1. The van der Waals surface area contributed by atoms with Gasteiger partial charge in [0.15, 0.2) is 23.0 Å². The Hall–Kier alpha value is -4.93. The minimum absolute atomic E-state index is 0.0684. The zero-order chi connectivity index (χ0) is 30.6. The van der Waals surface area contributed by atoms with Gasteiger partial charge in [-0.1, -0.05) is 18.2 Å². The number of aliphatic carboxylic acids is 1. The van der Waals surface area contributed by atoms with Crippen molar-refractivity contribution in [1.29, 1.82) is 0 Å². The normalized spacial score (nSPS) is 10.8. The molecule has 0 aliphatic heterocycles. The van der Waals surface area contributed by atoms with Crippen LogP contribution < -0.4 is 28.4 Å². The summed E-state index contributed by atoms with van der Waals surface area (Å²) in [5.41, 5.74) is 2.97. The number of nitrogens with zero attached hydrogens (tertiary/aromatic N) is 1. The Morgan fingerprint density at radius 2 is 1.38 bits per heavy atom. The molecule has 3 aromatic rings. The van der Waals surface area contributed by atoms with Crippen LogP contribution in [0, 0.1) is 10.1 Å². The van der Waals surface area contributed by atoms with Crippen LogP contribution in [0.2, 0.25) is 0 Å². The highest BCUT2D eigenvalue weighted by molar-refractivity contribution is 5.73. The van der Waals surface area contributed by atoms with Crippen LogP contribution in [0.4, 0.5) is 5.69 Å². The zero-order valence-corrected chi connectivity index (χ0v) is 24.3. The van der Waals surface area contributed by atoms with E-state index in [-0.39, 0.29) is 30.9 Å². The summed E-state index contributed by atoms with van der Waals surface area (Å²) in [6.45, 7) is 0.0900. The minimum atomic E-state index is -0.942. The summed E-state index contributed by atoms with van der Waals surface area (Å²) in [5, 5.41) is 20.7. The summed E-state index contributed by atoms with van der Waals surface area (Å²) in [6, 6.07) is 12.3. The molecule has 0 bridgehead atoms.